The van der Waals surface area contributed by atoms with Crippen LogP contribution in [0.5, 0.6) is 0 Å². The Bertz CT molecular complexity index is 1370. The van der Waals surface area contributed by atoms with Crippen LogP contribution in [-0.4, -0.2) is 24.7 Å². The molecule has 1 aliphatic rings. The van der Waals surface area contributed by atoms with Crippen LogP contribution in [0.3, 0.4) is 0 Å². The summed E-state index contributed by atoms with van der Waals surface area (Å²) in [5, 5.41) is 3.94. The minimum atomic E-state index is -2.22. The molecule has 0 unspecified atom stereocenters. The van der Waals surface area contributed by atoms with Crippen molar-refractivity contribution >= 4 is 23.2 Å². The van der Waals surface area contributed by atoms with Gasteiger partial charge in [0.05, 0.1) is 25.9 Å². The predicted octanol–water partition coefficient (Wildman–Crippen LogP) is 6.90. The van der Waals surface area contributed by atoms with E-state index in [1.165, 1.54) is 15.9 Å². The Hall–Kier alpha value is -3.59. The maximum Gasteiger partial charge on any atom is 0.184 e. The highest BCUT2D eigenvalue weighted by molar-refractivity contribution is 7.96. The summed E-state index contributed by atoms with van der Waals surface area (Å²) in [4.78, 5) is 0. The Morgan fingerprint density at radius 1 is 0.537 bits per heavy atom. The lowest BCUT2D eigenvalue weighted by molar-refractivity contribution is -0.0628. The molecular formula is C37H36O3P+. The van der Waals surface area contributed by atoms with Gasteiger partial charge in [0.25, 0.3) is 0 Å². The summed E-state index contributed by atoms with van der Waals surface area (Å²) < 4.78 is 20.1. The van der Waals surface area contributed by atoms with Crippen LogP contribution in [0, 0.1) is 0 Å². The molecule has 0 saturated carbocycles. The molecule has 0 N–H and O–H groups in total. The second-order valence-corrected chi connectivity index (χ2v) is 14.0. The molecule has 1 aliphatic heterocycles. The predicted molar refractivity (Wildman–Crippen MR) is 170 cm³/mol. The summed E-state index contributed by atoms with van der Waals surface area (Å²) in [5.74, 6) is -0.0548. The highest BCUT2D eigenvalue weighted by Gasteiger charge is 2.58. The normalized spacial score (nSPS) is 18.8. The number of hydrogen-bond donors (Lipinski definition) is 0. The Kier molecular flexibility index (Phi) is 9.00. The van der Waals surface area contributed by atoms with Crippen molar-refractivity contribution in [3.63, 3.8) is 0 Å². The van der Waals surface area contributed by atoms with Crippen molar-refractivity contribution in [3.05, 3.63) is 163 Å². The largest absolute Gasteiger partial charge is 0.374 e. The molecule has 6 rings (SSSR count). The van der Waals surface area contributed by atoms with Gasteiger partial charge in [-0.2, -0.15) is 0 Å². The highest BCUT2D eigenvalue weighted by Crippen LogP contribution is 2.63. The van der Waals surface area contributed by atoms with Crippen LogP contribution in [0.4, 0.5) is 0 Å². The van der Waals surface area contributed by atoms with Crippen LogP contribution in [0.2, 0.25) is 0 Å². The molecule has 3 nitrogen and oxygen atoms in total. The third kappa shape index (κ3) is 6.20. The molecule has 0 aliphatic carbocycles. The summed E-state index contributed by atoms with van der Waals surface area (Å²) in [6, 6.07) is 53.5. The smallest absolute Gasteiger partial charge is 0.184 e. The lowest BCUT2D eigenvalue weighted by Crippen LogP contribution is -2.39. The van der Waals surface area contributed by atoms with E-state index < -0.39 is 7.26 Å². The topological polar surface area (TPSA) is 27.7 Å². The van der Waals surface area contributed by atoms with Gasteiger partial charge >= 0.3 is 0 Å². The van der Waals surface area contributed by atoms with Crippen molar-refractivity contribution in [2.75, 3.05) is 6.61 Å². The van der Waals surface area contributed by atoms with E-state index in [9.17, 15) is 0 Å². The van der Waals surface area contributed by atoms with Crippen LogP contribution in [-0.2, 0) is 27.4 Å². The highest BCUT2D eigenvalue weighted by atomic mass is 31.2. The second kappa shape index (κ2) is 13.4. The van der Waals surface area contributed by atoms with Gasteiger partial charge in [0.2, 0.25) is 0 Å². The van der Waals surface area contributed by atoms with E-state index >= 15 is 0 Å². The molecule has 0 spiro atoms. The van der Waals surface area contributed by atoms with Gasteiger partial charge in [0, 0.05) is 6.42 Å². The van der Waals surface area contributed by atoms with Gasteiger partial charge in [-0.1, -0.05) is 115 Å². The average molecular weight is 560 g/mol. The minimum absolute atomic E-state index is 0.0548. The zero-order chi connectivity index (χ0) is 27.7. The van der Waals surface area contributed by atoms with Crippen molar-refractivity contribution in [2.24, 2.45) is 0 Å². The van der Waals surface area contributed by atoms with Crippen molar-refractivity contribution in [2.45, 2.75) is 37.7 Å². The molecule has 0 radical (unpaired) electrons. The van der Waals surface area contributed by atoms with Crippen LogP contribution in [0.15, 0.2) is 152 Å². The summed E-state index contributed by atoms with van der Waals surface area (Å²) in [5.41, 5.74) is 2.32. The van der Waals surface area contributed by atoms with E-state index in [2.05, 4.69) is 127 Å². The van der Waals surface area contributed by atoms with Gasteiger partial charge in [-0.15, -0.1) is 0 Å². The van der Waals surface area contributed by atoms with Crippen LogP contribution < -0.4 is 15.9 Å². The number of hydrogen-bond acceptors (Lipinski definition) is 3. The quantitative estimate of drug-likeness (QED) is 0.165. The molecule has 1 fully saturated rings. The molecule has 41 heavy (non-hydrogen) atoms. The molecule has 1 saturated heterocycles. The van der Waals surface area contributed by atoms with E-state index in [-0.39, 0.29) is 18.1 Å². The van der Waals surface area contributed by atoms with Gasteiger partial charge in [-0.05, 0) is 47.5 Å². The van der Waals surface area contributed by atoms with Crippen LogP contribution in [0.25, 0.3) is 0 Å². The molecule has 0 bridgehead atoms. The lowest BCUT2D eigenvalue weighted by Gasteiger charge is -2.32. The zero-order valence-electron chi connectivity index (χ0n) is 23.2. The first kappa shape index (κ1) is 27.6. The van der Waals surface area contributed by atoms with Crippen molar-refractivity contribution in [1.29, 1.82) is 0 Å². The molecule has 206 valence electrons. The summed E-state index contributed by atoms with van der Waals surface area (Å²) in [6.45, 7) is 1.57. The third-order valence-corrected chi connectivity index (χ3v) is 12.3. The van der Waals surface area contributed by atoms with Gasteiger partial charge in [-0.25, -0.2) is 0 Å². The maximum absolute atomic E-state index is 7.13. The van der Waals surface area contributed by atoms with Crippen LogP contribution in [0.1, 0.15) is 17.5 Å². The van der Waals surface area contributed by atoms with Gasteiger partial charge in [0.1, 0.15) is 29.3 Å². The first-order valence-corrected chi connectivity index (χ1v) is 16.2. The summed E-state index contributed by atoms with van der Waals surface area (Å²) in [7, 11) is -2.22. The SMILES string of the molecule is c1ccc(COC[C@H]2O[C@@H]([P+](c3ccccc3)(c3ccccc3)c3ccccc3)C[C@@H]2OCc2ccccc2)cc1. The standard InChI is InChI=1S/C37H36O3P/c1-6-16-30(17-7-1)27-38-29-36-35(39-28-31-18-8-2-9-19-31)26-37(40-36)41(32-20-10-3-11-21-32,33-22-12-4-13-23-33)34-24-14-5-15-25-34/h1-25,35-37H,26-29H2/q+1/t35-,36+,37-/m0/s1. The van der Waals surface area contributed by atoms with Crippen molar-refractivity contribution in [3.8, 4) is 0 Å². The second-order valence-electron chi connectivity index (χ2n) is 10.4. The first-order valence-electron chi connectivity index (χ1n) is 14.3. The lowest BCUT2D eigenvalue weighted by atomic mass is 10.2. The van der Waals surface area contributed by atoms with E-state index in [1.807, 2.05) is 24.3 Å². The third-order valence-electron chi connectivity index (χ3n) is 7.80. The first-order chi connectivity index (χ1) is 20.3. The fourth-order valence-corrected chi connectivity index (χ4v) is 10.5. The molecule has 3 atom stereocenters. The number of benzene rings is 5. The Morgan fingerprint density at radius 3 is 1.41 bits per heavy atom. The Balaban J connectivity index is 1.36. The van der Waals surface area contributed by atoms with Crippen molar-refractivity contribution in [1.82, 2.24) is 0 Å². The molecule has 5 aromatic rings. The molecule has 5 aromatic carbocycles. The van der Waals surface area contributed by atoms with Crippen LogP contribution >= 0.6 is 7.26 Å². The van der Waals surface area contributed by atoms with Gasteiger partial charge < -0.3 is 14.2 Å². The van der Waals surface area contributed by atoms with Gasteiger partial charge in [0.15, 0.2) is 5.85 Å². The maximum atomic E-state index is 7.13. The molecule has 1 heterocycles. The number of rotatable bonds is 11. The zero-order valence-corrected chi connectivity index (χ0v) is 24.1. The Labute approximate surface area is 244 Å². The summed E-state index contributed by atoms with van der Waals surface area (Å²) in [6.07, 6.45) is 0.521. The fourth-order valence-electron chi connectivity index (χ4n) is 5.85. The monoisotopic (exact) mass is 559 g/mol. The van der Waals surface area contributed by atoms with Gasteiger partial charge in [-0.3, -0.25) is 0 Å². The van der Waals surface area contributed by atoms with E-state index in [1.54, 1.807) is 0 Å². The molecule has 4 heteroatoms. The molecule has 0 aromatic heterocycles. The molecular weight excluding hydrogens is 523 g/mol. The van der Waals surface area contributed by atoms with E-state index in [4.69, 9.17) is 14.2 Å². The Morgan fingerprint density at radius 2 is 0.951 bits per heavy atom. The van der Waals surface area contributed by atoms with E-state index in [0.29, 0.717) is 19.8 Å². The minimum Gasteiger partial charge on any atom is -0.374 e. The van der Waals surface area contributed by atoms with Crippen molar-refractivity contribution < 1.29 is 14.2 Å². The number of ether oxygens (including phenoxy) is 3. The average Bonchev–Trinajstić information content (AvgIpc) is 3.46. The summed E-state index contributed by atoms with van der Waals surface area (Å²) >= 11 is 0. The molecule has 0 amide bonds. The fraction of sp³-hybridized carbons (Fsp3) is 0.189. The van der Waals surface area contributed by atoms with E-state index in [0.717, 1.165) is 17.5 Å².